The average molecular weight is 352 g/mol. The number of carbonyl (C=O) groups is 2. The van der Waals surface area contributed by atoms with Crippen LogP contribution in [0, 0.1) is 12.8 Å². The molecule has 0 aliphatic carbocycles. The van der Waals surface area contributed by atoms with Gasteiger partial charge in [-0.05, 0) is 48.2 Å². The Labute approximate surface area is 153 Å². The molecule has 0 fully saturated rings. The number of anilines is 1. The minimum atomic E-state index is -0.233. The van der Waals surface area contributed by atoms with Gasteiger partial charge in [-0.25, -0.2) is 0 Å². The van der Waals surface area contributed by atoms with Crippen molar-refractivity contribution < 1.29 is 14.3 Å². The molecule has 2 aromatic carbocycles. The molecular formula is C21H24N2O3. The molecule has 136 valence electrons. The van der Waals surface area contributed by atoms with Crippen molar-refractivity contribution in [1.82, 2.24) is 5.32 Å². The summed E-state index contributed by atoms with van der Waals surface area (Å²) >= 11 is 0. The monoisotopic (exact) mass is 352 g/mol. The van der Waals surface area contributed by atoms with E-state index in [1.54, 1.807) is 0 Å². The Morgan fingerprint density at radius 1 is 1.19 bits per heavy atom. The van der Waals surface area contributed by atoms with E-state index in [-0.39, 0.29) is 17.7 Å². The first kappa shape index (κ1) is 18.0. The predicted molar refractivity (Wildman–Crippen MR) is 101 cm³/mol. The molecule has 2 N–H and O–H groups in total. The average Bonchev–Trinajstić information content (AvgIpc) is 2.66. The summed E-state index contributed by atoms with van der Waals surface area (Å²) in [4.78, 5) is 24.1. The maximum absolute atomic E-state index is 12.5. The molecule has 0 saturated carbocycles. The predicted octanol–water partition coefficient (Wildman–Crippen LogP) is 3.21. The molecule has 0 saturated heterocycles. The van der Waals surface area contributed by atoms with Gasteiger partial charge in [-0.3, -0.25) is 9.59 Å². The standard InChI is InChI=1S/C21H24N2O3/c1-3-20(24)23-18-8-9-19-16(11-18)10-17(13-26-19)21(25)22-12-15-7-5-4-6-14(15)2/h4-9,11,17H,3,10,12-13H2,1-2H3,(H,22,25)(H,23,24)/t17-/m1/s1. The lowest BCUT2D eigenvalue weighted by Crippen LogP contribution is -2.37. The third-order valence-electron chi connectivity index (χ3n) is 4.66. The summed E-state index contributed by atoms with van der Waals surface area (Å²) in [6, 6.07) is 13.6. The van der Waals surface area contributed by atoms with E-state index in [0.717, 1.165) is 28.1 Å². The summed E-state index contributed by atoms with van der Waals surface area (Å²) in [6.45, 7) is 4.73. The second-order valence-electron chi connectivity index (χ2n) is 6.58. The summed E-state index contributed by atoms with van der Waals surface area (Å²) in [5.41, 5.74) is 3.96. The Morgan fingerprint density at radius 2 is 2.00 bits per heavy atom. The number of ether oxygens (including phenoxy) is 1. The number of carbonyl (C=O) groups excluding carboxylic acids is 2. The van der Waals surface area contributed by atoms with Gasteiger partial charge >= 0.3 is 0 Å². The lowest BCUT2D eigenvalue weighted by molar-refractivity contribution is -0.126. The molecule has 26 heavy (non-hydrogen) atoms. The van der Waals surface area contributed by atoms with Gasteiger partial charge in [0.15, 0.2) is 0 Å². The van der Waals surface area contributed by atoms with Crippen LogP contribution in [0.5, 0.6) is 5.75 Å². The first-order valence-electron chi connectivity index (χ1n) is 8.94. The van der Waals surface area contributed by atoms with E-state index in [9.17, 15) is 9.59 Å². The zero-order valence-corrected chi connectivity index (χ0v) is 15.2. The van der Waals surface area contributed by atoms with Crippen LogP contribution in [-0.4, -0.2) is 18.4 Å². The molecule has 0 unspecified atom stereocenters. The number of nitrogens with one attached hydrogen (secondary N) is 2. The van der Waals surface area contributed by atoms with Crippen molar-refractivity contribution in [2.75, 3.05) is 11.9 Å². The molecule has 2 aromatic rings. The fraction of sp³-hybridized carbons (Fsp3) is 0.333. The van der Waals surface area contributed by atoms with Crippen molar-refractivity contribution in [3.63, 3.8) is 0 Å². The minimum absolute atomic E-state index is 0.0121. The van der Waals surface area contributed by atoms with E-state index in [2.05, 4.69) is 10.6 Å². The third-order valence-corrected chi connectivity index (χ3v) is 4.66. The number of amides is 2. The lowest BCUT2D eigenvalue weighted by atomic mass is 9.95. The van der Waals surface area contributed by atoms with Crippen LogP contribution in [0.3, 0.4) is 0 Å². The van der Waals surface area contributed by atoms with Crippen LogP contribution in [-0.2, 0) is 22.6 Å². The Kier molecular flexibility index (Phi) is 5.56. The number of hydrogen-bond acceptors (Lipinski definition) is 3. The zero-order chi connectivity index (χ0) is 18.5. The second kappa shape index (κ2) is 8.04. The molecule has 5 nitrogen and oxygen atoms in total. The molecule has 0 radical (unpaired) electrons. The first-order valence-corrected chi connectivity index (χ1v) is 8.94. The smallest absolute Gasteiger partial charge is 0.227 e. The van der Waals surface area contributed by atoms with Crippen LogP contribution in [0.15, 0.2) is 42.5 Å². The fourth-order valence-corrected chi connectivity index (χ4v) is 3.03. The molecule has 0 bridgehead atoms. The van der Waals surface area contributed by atoms with E-state index in [1.165, 1.54) is 0 Å². The van der Waals surface area contributed by atoms with Gasteiger partial charge in [-0.1, -0.05) is 31.2 Å². The minimum Gasteiger partial charge on any atom is -0.492 e. The quantitative estimate of drug-likeness (QED) is 0.868. The van der Waals surface area contributed by atoms with Gasteiger partial charge in [0.2, 0.25) is 11.8 Å². The summed E-state index contributed by atoms with van der Waals surface area (Å²) in [5, 5.41) is 5.85. The highest BCUT2D eigenvalue weighted by Gasteiger charge is 2.26. The van der Waals surface area contributed by atoms with Crippen LogP contribution >= 0.6 is 0 Å². The lowest BCUT2D eigenvalue weighted by Gasteiger charge is -2.25. The largest absolute Gasteiger partial charge is 0.492 e. The highest BCUT2D eigenvalue weighted by atomic mass is 16.5. The van der Waals surface area contributed by atoms with Crippen molar-refractivity contribution in [2.24, 2.45) is 5.92 Å². The summed E-state index contributed by atoms with van der Waals surface area (Å²) in [5.74, 6) is 0.502. The number of aryl methyl sites for hydroxylation is 1. The van der Waals surface area contributed by atoms with Gasteiger partial charge in [0, 0.05) is 18.7 Å². The van der Waals surface area contributed by atoms with Gasteiger partial charge in [0.05, 0.1) is 5.92 Å². The Bertz CT molecular complexity index is 817. The molecule has 5 heteroatoms. The zero-order valence-electron chi connectivity index (χ0n) is 15.2. The molecule has 1 aliphatic rings. The first-order chi connectivity index (χ1) is 12.6. The van der Waals surface area contributed by atoms with E-state index in [1.807, 2.05) is 56.3 Å². The van der Waals surface area contributed by atoms with Gasteiger partial charge in [-0.15, -0.1) is 0 Å². The van der Waals surface area contributed by atoms with Gasteiger partial charge in [0.1, 0.15) is 12.4 Å². The normalized spacial score (nSPS) is 15.5. The van der Waals surface area contributed by atoms with Crippen LogP contribution < -0.4 is 15.4 Å². The molecular weight excluding hydrogens is 328 g/mol. The number of benzene rings is 2. The van der Waals surface area contributed by atoms with Crippen LogP contribution in [0.4, 0.5) is 5.69 Å². The Morgan fingerprint density at radius 3 is 2.77 bits per heavy atom. The molecule has 3 rings (SSSR count). The van der Waals surface area contributed by atoms with Gasteiger partial charge < -0.3 is 15.4 Å². The number of rotatable bonds is 5. The molecule has 1 heterocycles. The van der Waals surface area contributed by atoms with Crippen LogP contribution in [0.25, 0.3) is 0 Å². The van der Waals surface area contributed by atoms with E-state index in [4.69, 9.17) is 4.74 Å². The van der Waals surface area contributed by atoms with E-state index < -0.39 is 0 Å². The van der Waals surface area contributed by atoms with Crippen molar-refractivity contribution >= 4 is 17.5 Å². The molecule has 1 atom stereocenters. The van der Waals surface area contributed by atoms with Crippen LogP contribution in [0.1, 0.15) is 30.0 Å². The highest BCUT2D eigenvalue weighted by Crippen LogP contribution is 2.30. The van der Waals surface area contributed by atoms with E-state index >= 15 is 0 Å². The van der Waals surface area contributed by atoms with Crippen molar-refractivity contribution in [2.45, 2.75) is 33.2 Å². The SMILES string of the molecule is CCC(=O)Nc1ccc2c(c1)C[C@@H](C(=O)NCc1ccccc1C)CO2. The maximum Gasteiger partial charge on any atom is 0.227 e. The Balaban J connectivity index is 1.63. The topological polar surface area (TPSA) is 67.4 Å². The molecule has 0 spiro atoms. The van der Waals surface area contributed by atoms with Crippen molar-refractivity contribution in [3.8, 4) is 5.75 Å². The second-order valence-corrected chi connectivity index (χ2v) is 6.58. The maximum atomic E-state index is 12.5. The fourth-order valence-electron chi connectivity index (χ4n) is 3.03. The van der Waals surface area contributed by atoms with Crippen molar-refractivity contribution in [1.29, 1.82) is 0 Å². The van der Waals surface area contributed by atoms with E-state index in [0.29, 0.717) is 26.0 Å². The Hall–Kier alpha value is -2.82. The summed E-state index contributed by atoms with van der Waals surface area (Å²) in [6.07, 6.45) is 1.03. The van der Waals surface area contributed by atoms with Crippen LogP contribution in [0.2, 0.25) is 0 Å². The van der Waals surface area contributed by atoms with Crippen molar-refractivity contribution in [3.05, 3.63) is 59.2 Å². The third kappa shape index (κ3) is 4.23. The number of fused-ring (bicyclic) bond motifs is 1. The van der Waals surface area contributed by atoms with Gasteiger partial charge in [-0.2, -0.15) is 0 Å². The molecule has 1 aliphatic heterocycles. The molecule has 2 amide bonds. The summed E-state index contributed by atoms with van der Waals surface area (Å²) < 4.78 is 5.75. The molecule has 0 aromatic heterocycles. The highest BCUT2D eigenvalue weighted by molar-refractivity contribution is 5.90. The summed E-state index contributed by atoms with van der Waals surface area (Å²) in [7, 11) is 0. The van der Waals surface area contributed by atoms with Gasteiger partial charge in [0.25, 0.3) is 0 Å². The number of hydrogen-bond donors (Lipinski definition) is 2.